The van der Waals surface area contributed by atoms with Gasteiger partial charge in [0.15, 0.2) is 0 Å². The van der Waals surface area contributed by atoms with E-state index in [1.165, 1.54) is 24.3 Å². The number of hydrogen-bond acceptors (Lipinski definition) is 5. The minimum Gasteiger partial charge on any atom is -0.394 e. The highest BCUT2D eigenvalue weighted by Gasteiger charge is 2.30. The standard InChI is InChI=1S/C13H16N2O5/c1-9-8-20-12(7-16)6-14(9)13(17)10-2-4-11(5-3-10)15(18)19/h2-5,9,12,16H,6-8H2,1H3. The first-order valence-electron chi connectivity index (χ1n) is 6.30. The number of nitro benzene ring substituents is 1. The number of hydrogen-bond donors (Lipinski definition) is 1. The number of aliphatic hydroxyl groups is 1. The lowest BCUT2D eigenvalue weighted by Gasteiger charge is -2.37. The molecule has 2 unspecified atom stereocenters. The smallest absolute Gasteiger partial charge is 0.269 e. The van der Waals surface area contributed by atoms with E-state index in [4.69, 9.17) is 9.84 Å². The predicted octanol–water partition coefficient (Wildman–Crippen LogP) is 0.817. The molecule has 1 N–H and O–H groups in total. The Bertz CT molecular complexity index is 502. The Kier molecular flexibility index (Phi) is 4.31. The summed E-state index contributed by atoms with van der Waals surface area (Å²) in [5, 5.41) is 19.7. The Labute approximate surface area is 115 Å². The maximum Gasteiger partial charge on any atom is 0.269 e. The molecular weight excluding hydrogens is 264 g/mol. The van der Waals surface area contributed by atoms with E-state index in [-0.39, 0.29) is 30.3 Å². The monoisotopic (exact) mass is 280 g/mol. The molecule has 1 aromatic carbocycles. The van der Waals surface area contributed by atoms with Gasteiger partial charge in [0.25, 0.3) is 11.6 Å². The number of rotatable bonds is 3. The SMILES string of the molecule is CC1COC(CO)CN1C(=O)c1ccc([N+](=O)[O-])cc1. The molecule has 1 fully saturated rings. The van der Waals surface area contributed by atoms with E-state index in [0.29, 0.717) is 18.7 Å². The van der Waals surface area contributed by atoms with Gasteiger partial charge >= 0.3 is 0 Å². The fourth-order valence-corrected chi connectivity index (χ4v) is 2.10. The third-order valence-corrected chi connectivity index (χ3v) is 3.30. The van der Waals surface area contributed by atoms with Crippen molar-refractivity contribution in [1.29, 1.82) is 0 Å². The van der Waals surface area contributed by atoms with Gasteiger partial charge in [-0.1, -0.05) is 0 Å². The summed E-state index contributed by atoms with van der Waals surface area (Å²) in [6, 6.07) is 5.40. The maximum absolute atomic E-state index is 12.4. The lowest BCUT2D eigenvalue weighted by atomic mass is 10.1. The summed E-state index contributed by atoms with van der Waals surface area (Å²) < 4.78 is 5.37. The first kappa shape index (κ1) is 14.4. The van der Waals surface area contributed by atoms with Crippen molar-refractivity contribution >= 4 is 11.6 Å². The summed E-state index contributed by atoms with van der Waals surface area (Å²) in [6.07, 6.45) is -0.381. The van der Waals surface area contributed by atoms with Crippen molar-refractivity contribution in [2.45, 2.75) is 19.1 Å². The highest BCUT2D eigenvalue weighted by molar-refractivity contribution is 5.94. The van der Waals surface area contributed by atoms with Crippen molar-refractivity contribution in [3.8, 4) is 0 Å². The molecule has 0 saturated carbocycles. The van der Waals surface area contributed by atoms with Crippen LogP contribution in [0, 0.1) is 10.1 Å². The summed E-state index contributed by atoms with van der Waals surface area (Å²) in [4.78, 5) is 24.1. The maximum atomic E-state index is 12.4. The van der Waals surface area contributed by atoms with Gasteiger partial charge in [-0.15, -0.1) is 0 Å². The van der Waals surface area contributed by atoms with E-state index in [1.54, 1.807) is 4.90 Å². The second-order valence-electron chi connectivity index (χ2n) is 4.75. The van der Waals surface area contributed by atoms with Crippen LogP contribution in [0.5, 0.6) is 0 Å². The topological polar surface area (TPSA) is 92.9 Å². The lowest BCUT2D eigenvalue weighted by molar-refractivity contribution is -0.384. The zero-order valence-electron chi connectivity index (χ0n) is 11.1. The summed E-state index contributed by atoms with van der Waals surface area (Å²) in [5.74, 6) is -0.214. The second-order valence-corrected chi connectivity index (χ2v) is 4.75. The molecule has 108 valence electrons. The van der Waals surface area contributed by atoms with Crippen molar-refractivity contribution < 1.29 is 19.6 Å². The minimum atomic E-state index is -0.507. The van der Waals surface area contributed by atoms with Gasteiger partial charge in [-0.25, -0.2) is 0 Å². The zero-order chi connectivity index (χ0) is 14.7. The van der Waals surface area contributed by atoms with E-state index >= 15 is 0 Å². The van der Waals surface area contributed by atoms with Crippen LogP contribution in [-0.2, 0) is 4.74 Å². The first-order valence-corrected chi connectivity index (χ1v) is 6.30. The number of carbonyl (C=O) groups excluding carboxylic acids is 1. The first-order chi connectivity index (χ1) is 9.52. The van der Waals surface area contributed by atoms with E-state index in [9.17, 15) is 14.9 Å². The molecule has 7 nitrogen and oxygen atoms in total. The molecule has 0 aliphatic carbocycles. The van der Waals surface area contributed by atoms with Gasteiger partial charge in [-0.05, 0) is 19.1 Å². The van der Waals surface area contributed by atoms with Crippen molar-refractivity contribution in [3.05, 3.63) is 39.9 Å². The zero-order valence-corrected chi connectivity index (χ0v) is 11.1. The number of aliphatic hydroxyl groups excluding tert-OH is 1. The van der Waals surface area contributed by atoms with Crippen molar-refractivity contribution in [3.63, 3.8) is 0 Å². The highest BCUT2D eigenvalue weighted by atomic mass is 16.6. The molecule has 1 saturated heterocycles. The number of non-ortho nitro benzene ring substituents is 1. The van der Waals surface area contributed by atoms with Crippen LogP contribution in [0.3, 0.4) is 0 Å². The molecule has 20 heavy (non-hydrogen) atoms. The summed E-state index contributed by atoms with van der Waals surface area (Å²) in [5.41, 5.74) is 0.339. The molecule has 2 rings (SSSR count). The van der Waals surface area contributed by atoms with E-state index in [1.807, 2.05) is 6.92 Å². The average molecular weight is 280 g/mol. The van der Waals surface area contributed by atoms with Crippen LogP contribution in [0.4, 0.5) is 5.69 Å². The third kappa shape index (κ3) is 2.94. The van der Waals surface area contributed by atoms with Gasteiger partial charge in [0, 0.05) is 24.2 Å². The van der Waals surface area contributed by atoms with Crippen molar-refractivity contribution in [1.82, 2.24) is 4.90 Å². The Morgan fingerprint density at radius 1 is 1.50 bits per heavy atom. The Hall–Kier alpha value is -1.99. The fourth-order valence-electron chi connectivity index (χ4n) is 2.10. The van der Waals surface area contributed by atoms with Crippen LogP contribution < -0.4 is 0 Å². The highest BCUT2D eigenvalue weighted by Crippen LogP contribution is 2.18. The predicted molar refractivity (Wildman–Crippen MR) is 70.4 cm³/mol. The van der Waals surface area contributed by atoms with Gasteiger partial charge in [-0.3, -0.25) is 14.9 Å². The van der Waals surface area contributed by atoms with Crippen molar-refractivity contribution in [2.75, 3.05) is 19.8 Å². The van der Waals surface area contributed by atoms with Crippen LogP contribution in [0.1, 0.15) is 17.3 Å². The summed E-state index contributed by atoms with van der Waals surface area (Å²) >= 11 is 0. The van der Waals surface area contributed by atoms with Gasteiger partial charge in [0.1, 0.15) is 0 Å². The Morgan fingerprint density at radius 2 is 2.15 bits per heavy atom. The van der Waals surface area contributed by atoms with Gasteiger partial charge in [0.2, 0.25) is 0 Å². The molecule has 7 heteroatoms. The minimum absolute atomic E-state index is 0.0511. The second kappa shape index (κ2) is 5.98. The number of amides is 1. The summed E-state index contributed by atoms with van der Waals surface area (Å²) in [7, 11) is 0. The number of carbonyl (C=O) groups is 1. The third-order valence-electron chi connectivity index (χ3n) is 3.30. The molecule has 1 heterocycles. The van der Waals surface area contributed by atoms with Gasteiger partial charge in [0.05, 0.1) is 30.3 Å². The molecule has 1 aliphatic rings. The molecule has 0 spiro atoms. The van der Waals surface area contributed by atoms with Crippen molar-refractivity contribution in [2.24, 2.45) is 0 Å². The molecule has 1 aromatic rings. The number of nitro groups is 1. The normalized spacial score (nSPS) is 22.6. The van der Waals surface area contributed by atoms with Crippen LogP contribution in [0.25, 0.3) is 0 Å². The molecule has 1 aliphatic heterocycles. The Balaban J connectivity index is 2.15. The van der Waals surface area contributed by atoms with Crippen LogP contribution >= 0.6 is 0 Å². The molecule has 0 bridgehead atoms. The molecule has 0 aromatic heterocycles. The number of ether oxygens (including phenoxy) is 1. The van der Waals surface area contributed by atoms with Crippen LogP contribution in [0.15, 0.2) is 24.3 Å². The number of morpholine rings is 1. The van der Waals surface area contributed by atoms with Gasteiger partial charge < -0.3 is 14.7 Å². The number of benzene rings is 1. The summed E-state index contributed by atoms with van der Waals surface area (Å²) in [6.45, 7) is 2.39. The molecule has 0 radical (unpaired) electrons. The van der Waals surface area contributed by atoms with E-state index in [0.717, 1.165) is 0 Å². The molecular formula is C13H16N2O5. The van der Waals surface area contributed by atoms with Gasteiger partial charge in [-0.2, -0.15) is 0 Å². The average Bonchev–Trinajstić information content (AvgIpc) is 2.47. The Morgan fingerprint density at radius 3 is 2.70 bits per heavy atom. The van der Waals surface area contributed by atoms with Crippen LogP contribution in [0.2, 0.25) is 0 Å². The lowest BCUT2D eigenvalue weighted by Crippen LogP contribution is -2.52. The number of nitrogens with zero attached hydrogens (tertiary/aromatic N) is 2. The fraction of sp³-hybridized carbons (Fsp3) is 0.462. The van der Waals surface area contributed by atoms with E-state index in [2.05, 4.69) is 0 Å². The molecule has 2 atom stereocenters. The largest absolute Gasteiger partial charge is 0.394 e. The van der Waals surface area contributed by atoms with E-state index < -0.39 is 4.92 Å². The molecule has 1 amide bonds. The van der Waals surface area contributed by atoms with Crippen LogP contribution in [-0.4, -0.2) is 52.7 Å². The quantitative estimate of drug-likeness (QED) is 0.653.